The van der Waals surface area contributed by atoms with Gasteiger partial charge in [-0.15, -0.1) is 0 Å². The van der Waals surface area contributed by atoms with Crippen molar-refractivity contribution in [2.45, 2.75) is 19.5 Å². The van der Waals surface area contributed by atoms with Crippen molar-refractivity contribution in [3.8, 4) is 0 Å². The quantitative estimate of drug-likeness (QED) is 0.255. The molecule has 7 rings (SSSR count). The molecule has 6 aromatic rings. The largest absolute Gasteiger partial charge is 0.342 e. The molecule has 0 radical (unpaired) electrons. The van der Waals surface area contributed by atoms with Gasteiger partial charge in [-0.1, -0.05) is 90.2 Å². The summed E-state index contributed by atoms with van der Waals surface area (Å²) in [4.78, 5) is 33.1. The fourth-order valence-electron chi connectivity index (χ4n) is 5.73. The summed E-state index contributed by atoms with van der Waals surface area (Å²) < 4.78 is 18.2. The number of hydrogen-bond donors (Lipinski definition) is 1. The third-order valence-electron chi connectivity index (χ3n) is 7.79. The molecule has 0 saturated heterocycles. The zero-order valence-electron chi connectivity index (χ0n) is 23.8. The molecule has 216 valence electrons. The Bertz CT molecular complexity index is 2230. The Balaban J connectivity index is 1.36. The van der Waals surface area contributed by atoms with Crippen molar-refractivity contribution in [1.29, 1.82) is 0 Å². The molecule has 0 bridgehead atoms. The Morgan fingerprint density at radius 2 is 1.61 bits per heavy atom. The number of amides is 1. The number of carbonyl (C=O) groups excluding carboxylic acids is 1. The van der Waals surface area contributed by atoms with Gasteiger partial charge in [0, 0.05) is 34.9 Å². The summed E-state index contributed by atoms with van der Waals surface area (Å²) in [6, 6.07) is 32.6. The molecule has 0 fully saturated rings. The Morgan fingerprint density at radius 3 is 2.36 bits per heavy atom. The van der Waals surface area contributed by atoms with Gasteiger partial charge >= 0.3 is 0 Å². The maximum Gasteiger partial charge on any atom is 0.271 e. The second-order valence-electron chi connectivity index (χ2n) is 10.7. The van der Waals surface area contributed by atoms with Gasteiger partial charge in [-0.25, -0.2) is 9.38 Å². The van der Waals surface area contributed by atoms with Crippen LogP contribution in [0.5, 0.6) is 0 Å². The van der Waals surface area contributed by atoms with Gasteiger partial charge in [0.1, 0.15) is 5.82 Å². The number of benzene rings is 4. The average molecular weight is 599 g/mol. The van der Waals surface area contributed by atoms with E-state index in [0.717, 1.165) is 16.5 Å². The van der Waals surface area contributed by atoms with Crippen molar-refractivity contribution < 1.29 is 9.18 Å². The van der Waals surface area contributed by atoms with Crippen LogP contribution in [-0.2, 0) is 11.3 Å². The monoisotopic (exact) mass is 598 g/mol. The fraction of sp³-hybridized carbons (Fsp3) is 0.0833. The number of thiazole rings is 1. The third-order valence-corrected chi connectivity index (χ3v) is 8.77. The minimum atomic E-state index is -0.780. The first-order valence-electron chi connectivity index (χ1n) is 14.2. The van der Waals surface area contributed by atoms with Crippen molar-refractivity contribution in [3.63, 3.8) is 0 Å². The molecule has 6 nitrogen and oxygen atoms in total. The molecule has 8 heteroatoms. The lowest BCUT2D eigenvalue weighted by atomic mass is 9.95. The molecule has 1 aliphatic heterocycles. The molecule has 1 atom stereocenters. The second kappa shape index (κ2) is 11.4. The van der Waals surface area contributed by atoms with Gasteiger partial charge in [-0.2, -0.15) is 0 Å². The van der Waals surface area contributed by atoms with E-state index < -0.39 is 11.9 Å². The highest BCUT2D eigenvalue weighted by molar-refractivity contribution is 7.07. The van der Waals surface area contributed by atoms with Crippen LogP contribution >= 0.6 is 11.3 Å². The van der Waals surface area contributed by atoms with Crippen LogP contribution in [0.15, 0.2) is 136 Å². The number of aromatic nitrogens is 2. The number of anilines is 1. The summed E-state index contributed by atoms with van der Waals surface area (Å²) >= 11 is 1.28. The van der Waals surface area contributed by atoms with E-state index in [-0.39, 0.29) is 11.5 Å². The standard InChI is InChI=1S/C36H27FN4O2S/c1-23-32(34(42)39-28-12-6-3-7-13-28)33(25-16-18-27(37)19-17-25)41-35(43)31(44-36(41)38-23)20-26-22-40(21-24-10-4-2-5-11-24)30-15-9-8-14-29(26)30/h2-20,22,33H,21H2,1H3,(H,39,42)/b31-20-/t33-/m0/s1. The Kier molecular flexibility index (Phi) is 7.12. The number of hydrogen-bond acceptors (Lipinski definition) is 4. The molecule has 1 amide bonds. The molecule has 3 heterocycles. The number of halogens is 1. The Hall–Kier alpha value is -5.34. The highest BCUT2D eigenvalue weighted by atomic mass is 32.1. The minimum Gasteiger partial charge on any atom is -0.342 e. The average Bonchev–Trinajstić information content (AvgIpc) is 3.54. The van der Waals surface area contributed by atoms with Crippen LogP contribution in [0.25, 0.3) is 17.0 Å². The van der Waals surface area contributed by atoms with Gasteiger partial charge in [0.25, 0.3) is 11.5 Å². The molecule has 0 saturated carbocycles. The van der Waals surface area contributed by atoms with E-state index in [1.807, 2.05) is 54.6 Å². The van der Waals surface area contributed by atoms with Crippen molar-refractivity contribution in [3.05, 3.63) is 169 Å². The fourth-order valence-corrected chi connectivity index (χ4v) is 6.77. The van der Waals surface area contributed by atoms with Crippen LogP contribution < -0.4 is 20.2 Å². The van der Waals surface area contributed by atoms with Crippen molar-refractivity contribution in [1.82, 2.24) is 9.13 Å². The molecular weight excluding hydrogens is 571 g/mol. The summed E-state index contributed by atoms with van der Waals surface area (Å²) in [5.41, 5.74) is 4.97. The Morgan fingerprint density at radius 1 is 0.932 bits per heavy atom. The first-order chi connectivity index (χ1) is 21.5. The maximum absolute atomic E-state index is 14.2. The lowest BCUT2D eigenvalue weighted by Crippen LogP contribution is -2.40. The second-order valence-corrected chi connectivity index (χ2v) is 11.7. The van der Waals surface area contributed by atoms with E-state index >= 15 is 0 Å². The summed E-state index contributed by atoms with van der Waals surface area (Å²) in [6.07, 6.45) is 3.97. The zero-order chi connectivity index (χ0) is 30.2. The summed E-state index contributed by atoms with van der Waals surface area (Å²) in [6.45, 7) is 2.46. The number of fused-ring (bicyclic) bond motifs is 2. The summed E-state index contributed by atoms with van der Waals surface area (Å²) in [5, 5.41) is 3.97. The molecular formula is C36H27FN4O2S. The van der Waals surface area contributed by atoms with Crippen LogP contribution in [0.1, 0.15) is 29.7 Å². The van der Waals surface area contributed by atoms with Crippen molar-refractivity contribution in [2.75, 3.05) is 5.32 Å². The van der Waals surface area contributed by atoms with Crippen molar-refractivity contribution in [2.24, 2.45) is 4.99 Å². The molecule has 0 spiro atoms. The number of rotatable bonds is 6. The molecule has 0 aliphatic carbocycles. The smallest absolute Gasteiger partial charge is 0.271 e. The highest BCUT2D eigenvalue weighted by Gasteiger charge is 2.32. The molecule has 1 aliphatic rings. The van der Waals surface area contributed by atoms with E-state index in [0.29, 0.717) is 38.4 Å². The number of nitrogens with one attached hydrogen (secondary N) is 1. The van der Waals surface area contributed by atoms with E-state index in [2.05, 4.69) is 40.3 Å². The third kappa shape index (κ3) is 5.09. The first kappa shape index (κ1) is 27.5. The maximum atomic E-state index is 14.2. The Labute approximate surface area is 256 Å². The van der Waals surface area contributed by atoms with Crippen LogP contribution in [0.3, 0.4) is 0 Å². The van der Waals surface area contributed by atoms with Gasteiger partial charge in [0.15, 0.2) is 4.80 Å². The van der Waals surface area contributed by atoms with E-state index in [1.54, 1.807) is 35.8 Å². The van der Waals surface area contributed by atoms with Gasteiger partial charge < -0.3 is 9.88 Å². The predicted molar refractivity (Wildman–Crippen MR) is 173 cm³/mol. The molecule has 0 unspecified atom stereocenters. The molecule has 1 N–H and O–H groups in total. The number of para-hydroxylation sites is 2. The highest BCUT2D eigenvalue weighted by Crippen LogP contribution is 2.31. The predicted octanol–water partition coefficient (Wildman–Crippen LogP) is 6.02. The number of allylic oxidation sites excluding steroid dienone is 1. The topological polar surface area (TPSA) is 68.4 Å². The minimum absolute atomic E-state index is 0.263. The van der Waals surface area contributed by atoms with Crippen LogP contribution in [0.2, 0.25) is 0 Å². The van der Waals surface area contributed by atoms with Gasteiger partial charge in [-0.3, -0.25) is 14.2 Å². The van der Waals surface area contributed by atoms with Crippen molar-refractivity contribution >= 4 is 39.9 Å². The van der Waals surface area contributed by atoms with Crippen LogP contribution in [-0.4, -0.2) is 15.0 Å². The normalized spacial score (nSPS) is 14.9. The SMILES string of the molecule is CC1=C(C(=O)Nc2ccccc2)[C@H](c2ccc(F)cc2)n2c(s/c(=C\c3cn(Cc4ccccc4)c4ccccc34)c2=O)=N1. The summed E-state index contributed by atoms with van der Waals surface area (Å²) in [7, 11) is 0. The molecule has 2 aromatic heterocycles. The molecule has 44 heavy (non-hydrogen) atoms. The number of carbonyl (C=O) groups is 1. The zero-order valence-corrected chi connectivity index (χ0v) is 24.6. The van der Waals surface area contributed by atoms with Crippen LogP contribution in [0, 0.1) is 5.82 Å². The van der Waals surface area contributed by atoms with Gasteiger partial charge in [0.2, 0.25) is 0 Å². The number of nitrogens with zero attached hydrogens (tertiary/aromatic N) is 3. The van der Waals surface area contributed by atoms with E-state index in [9.17, 15) is 14.0 Å². The van der Waals surface area contributed by atoms with Gasteiger partial charge in [0.05, 0.1) is 21.8 Å². The first-order valence-corrected chi connectivity index (χ1v) is 15.0. The summed E-state index contributed by atoms with van der Waals surface area (Å²) in [5.74, 6) is -0.769. The van der Waals surface area contributed by atoms with Crippen LogP contribution in [0.4, 0.5) is 10.1 Å². The van der Waals surface area contributed by atoms with Gasteiger partial charge in [-0.05, 0) is 54.5 Å². The lowest BCUT2D eigenvalue weighted by molar-refractivity contribution is -0.113. The van der Waals surface area contributed by atoms with E-state index in [1.165, 1.54) is 29.0 Å². The van der Waals surface area contributed by atoms with E-state index in [4.69, 9.17) is 4.99 Å². The lowest BCUT2D eigenvalue weighted by Gasteiger charge is -2.25. The molecule has 4 aromatic carbocycles.